The minimum atomic E-state index is -0.373. The van der Waals surface area contributed by atoms with Gasteiger partial charge in [0.2, 0.25) is 11.8 Å². The summed E-state index contributed by atoms with van der Waals surface area (Å²) in [5, 5.41) is 3.72. The van der Waals surface area contributed by atoms with Crippen LogP contribution in [0.2, 0.25) is 5.15 Å². The molecular weight excluding hydrogens is 398 g/mol. The zero-order chi connectivity index (χ0) is 20.7. The molecule has 0 aromatic carbocycles. The molecule has 9 heteroatoms. The van der Waals surface area contributed by atoms with Gasteiger partial charge < -0.3 is 15.1 Å². The summed E-state index contributed by atoms with van der Waals surface area (Å²) in [6, 6.07) is 1.73. The zero-order valence-corrected chi connectivity index (χ0v) is 18.7. The van der Waals surface area contributed by atoms with Crippen LogP contribution in [0.4, 0.5) is 5.82 Å². The van der Waals surface area contributed by atoms with Crippen molar-refractivity contribution in [2.45, 2.75) is 45.7 Å². The molecule has 1 aromatic heterocycles. The third-order valence-electron chi connectivity index (χ3n) is 4.38. The van der Waals surface area contributed by atoms with Gasteiger partial charge >= 0.3 is 0 Å². The predicted molar refractivity (Wildman–Crippen MR) is 114 cm³/mol. The van der Waals surface area contributed by atoms with E-state index in [1.165, 1.54) is 11.8 Å². The first-order chi connectivity index (χ1) is 13.2. The summed E-state index contributed by atoms with van der Waals surface area (Å²) in [5.41, 5.74) is -0.373. The largest absolute Gasteiger partial charge is 0.355 e. The van der Waals surface area contributed by atoms with Crippen LogP contribution in [0.15, 0.2) is 11.2 Å². The van der Waals surface area contributed by atoms with E-state index in [-0.39, 0.29) is 23.0 Å². The number of anilines is 1. The average Bonchev–Trinajstić information content (AvgIpc) is 2.65. The minimum absolute atomic E-state index is 0.0297. The molecule has 1 aliphatic rings. The maximum Gasteiger partial charge on any atom is 0.230 e. The molecule has 1 saturated heterocycles. The number of halogens is 1. The van der Waals surface area contributed by atoms with Crippen molar-refractivity contribution in [3.05, 3.63) is 11.2 Å². The summed E-state index contributed by atoms with van der Waals surface area (Å²) in [6.45, 7) is 11.3. The van der Waals surface area contributed by atoms with E-state index >= 15 is 0 Å². The van der Waals surface area contributed by atoms with Crippen molar-refractivity contribution in [3.63, 3.8) is 0 Å². The first-order valence-electron chi connectivity index (χ1n) is 9.69. The summed E-state index contributed by atoms with van der Waals surface area (Å²) >= 11 is 7.45. The molecule has 1 fully saturated rings. The van der Waals surface area contributed by atoms with Gasteiger partial charge in [-0.2, -0.15) is 0 Å². The first kappa shape index (κ1) is 22.7. The van der Waals surface area contributed by atoms with Gasteiger partial charge in [0.25, 0.3) is 0 Å². The molecule has 156 valence electrons. The lowest BCUT2D eigenvalue weighted by Crippen LogP contribution is -2.51. The van der Waals surface area contributed by atoms with Crippen LogP contribution in [0.1, 0.15) is 40.5 Å². The summed E-state index contributed by atoms with van der Waals surface area (Å²) < 4.78 is 0. The Bertz CT molecular complexity index is 687. The summed E-state index contributed by atoms with van der Waals surface area (Å²) in [6.07, 6.45) is 2.01. The van der Waals surface area contributed by atoms with E-state index in [2.05, 4.69) is 27.1 Å². The Morgan fingerprint density at radius 1 is 1.21 bits per heavy atom. The molecule has 0 atom stereocenters. The third-order valence-corrected chi connectivity index (χ3v) is 5.42. The van der Waals surface area contributed by atoms with Crippen LogP contribution in [-0.4, -0.2) is 65.2 Å². The van der Waals surface area contributed by atoms with Gasteiger partial charge in [-0.25, -0.2) is 9.97 Å². The molecule has 1 aliphatic heterocycles. The molecule has 0 saturated carbocycles. The number of hydrogen-bond acceptors (Lipinski definition) is 6. The Labute approximate surface area is 176 Å². The van der Waals surface area contributed by atoms with Gasteiger partial charge in [0.1, 0.15) is 11.0 Å². The summed E-state index contributed by atoms with van der Waals surface area (Å²) in [4.78, 5) is 37.1. The molecule has 1 N–H and O–H groups in total. The van der Waals surface area contributed by atoms with Crippen LogP contribution in [0.3, 0.4) is 0 Å². The molecule has 28 heavy (non-hydrogen) atoms. The van der Waals surface area contributed by atoms with Crippen LogP contribution < -0.4 is 10.2 Å². The highest BCUT2D eigenvalue weighted by Crippen LogP contribution is 2.24. The molecule has 0 radical (unpaired) electrons. The smallest absolute Gasteiger partial charge is 0.230 e. The van der Waals surface area contributed by atoms with Gasteiger partial charge in [0.15, 0.2) is 5.16 Å². The number of thioether (sulfide) groups is 1. The van der Waals surface area contributed by atoms with Gasteiger partial charge in [-0.05, 0) is 6.42 Å². The Balaban J connectivity index is 1.93. The Morgan fingerprint density at radius 3 is 2.50 bits per heavy atom. The highest BCUT2D eigenvalue weighted by atomic mass is 35.5. The van der Waals surface area contributed by atoms with Crippen molar-refractivity contribution in [1.82, 2.24) is 20.2 Å². The molecule has 2 rings (SSSR count). The minimum Gasteiger partial charge on any atom is -0.355 e. The van der Waals surface area contributed by atoms with E-state index in [0.29, 0.717) is 43.0 Å². The average molecular weight is 428 g/mol. The van der Waals surface area contributed by atoms with E-state index in [1.54, 1.807) is 6.07 Å². The standard InChI is InChI=1S/C19H30ClN5O2S/c1-5-6-7-21-16(26)13-28-18-22-14(20)12-15(23-18)24-8-10-25(11-9-24)17(27)19(2,3)4/h12H,5-11,13H2,1-4H3,(H,21,26). The second kappa shape index (κ2) is 10.3. The monoisotopic (exact) mass is 427 g/mol. The fraction of sp³-hybridized carbons (Fsp3) is 0.684. The predicted octanol–water partition coefficient (Wildman–Crippen LogP) is 2.83. The van der Waals surface area contributed by atoms with Crippen molar-refractivity contribution in [1.29, 1.82) is 0 Å². The highest BCUT2D eigenvalue weighted by Gasteiger charge is 2.30. The molecule has 2 amide bonds. The maximum absolute atomic E-state index is 12.4. The number of hydrogen-bond donors (Lipinski definition) is 1. The van der Waals surface area contributed by atoms with Crippen LogP contribution >= 0.6 is 23.4 Å². The van der Waals surface area contributed by atoms with E-state index in [9.17, 15) is 9.59 Å². The Hall–Kier alpha value is -1.54. The summed E-state index contributed by atoms with van der Waals surface area (Å²) in [7, 11) is 0. The summed E-state index contributed by atoms with van der Waals surface area (Å²) in [5.74, 6) is 1.13. The lowest BCUT2D eigenvalue weighted by atomic mass is 9.94. The number of amides is 2. The van der Waals surface area contributed by atoms with E-state index < -0.39 is 0 Å². The van der Waals surface area contributed by atoms with Crippen molar-refractivity contribution >= 4 is 41.0 Å². The van der Waals surface area contributed by atoms with Gasteiger partial charge in [0, 0.05) is 44.2 Å². The molecule has 7 nitrogen and oxygen atoms in total. The van der Waals surface area contributed by atoms with Crippen LogP contribution in [0.25, 0.3) is 0 Å². The number of aromatic nitrogens is 2. The lowest BCUT2D eigenvalue weighted by Gasteiger charge is -2.38. The van der Waals surface area contributed by atoms with Crippen molar-refractivity contribution in [2.24, 2.45) is 5.41 Å². The lowest BCUT2D eigenvalue weighted by molar-refractivity contribution is -0.139. The zero-order valence-electron chi connectivity index (χ0n) is 17.1. The molecule has 0 unspecified atom stereocenters. The fourth-order valence-corrected chi connectivity index (χ4v) is 3.72. The van der Waals surface area contributed by atoms with Crippen LogP contribution in [0, 0.1) is 5.41 Å². The number of carbonyl (C=O) groups excluding carboxylic acids is 2. The number of unbranched alkanes of at least 4 members (excludes halogenated alkanes) is 1. The number of rotatable bonds is 7. The van der Waals surface area contributed by atoms with Gasteiger partial charge in [0.05, 0.1) is 5.75 Å². The quantitative estimate of drug-likeness (QED) is 0.312. The molecule has 0 bridgehead atoms. The SMILES string of the molecule is CCCCNC(=O)CSc1nc(Cl)cc(N2CCN(C(=O)C(C)(C)C)CC2)n1. The first-order valence-corrected chi connectivity index (χ1v) is 11.1. The fourth-order valence-electron chi connectivity index (χ4n) is 2.81. The number of nitrogens with one attached hydrogen (secondary N) is 1. The molecule has 0 aliphatic carbocycles. The van der Waals surface area contributed by atoms with Crippen LogP contribution in [0.5, 0.6) is 0 Å². The van der Waals surface area contributed by atoms with Gasteiger partial charge in [-0.3, -0.25) is 9.59 Å². The van der Waals surface area contributed by atoms with Crippen molar-refractivity contribution in [3.8, 4) is 0 Å². The third kappa shape index (κ3) is 6.81. The van der Waals surface area contributed by atoms with E-state index in [4.69, 9.17) is 11.6 Å². The maximum atomic E-state index is 12.4. The number of piperazine rings is 1. The topological polar surface area (TPSA) is 78.4 Å². The Kier molecular flexibility index (Phi) is 8.37. The second-order valence-electron chi connectivity index (χ2n) is 7.85. The van der Waals surface area contributed by atoms with Crippen molar-refractivity contribution in [2.75, 3.05) is 43.4 Å². The van der Waals surface area contributed by atoms with Crippen LogP contribution in [-0.2, 0) is 9.59 Å². The van der Waals surface area contributed by atoms with Gasteiger partial charge in [-0.1, -0.05) is 57.5 Å². The normalized spacial score (nSPS) is 14.9. The highest BCUT2D eigenvalue weighted by molar-refractivity contribution is 7.99. The molecule has 0 spiro atoms. The van der Waals surface area contributed by atoms with Gasteiger partial charge in [-0.15, -0.1) is 0 Å². The number of nitrogens with zero attached hydrogens (tertiary/aromatic N) is 4. The Morgan fingerprint density at radius 2 is 1.89 bits per heavy atom. The van der Waals surface area contributed by atoms with Crippen molar-refractivity contribution < 1.29 is 9.59 Å². The number of carbonyl (C=O) groups is 2. The molecule has 1 aromatic rings. The van der Waals surface area contributed by atoms with E-state index in [0.717, 1.165) is 18.7 Å². The van der Waals surface area contributed by atoms with E-state index in [1.807, 2.05) is 25.7 Å². The molecular formula is C19H30ClN5O2S. The second-order valence-corrected chi connectivity index (χ2v) is 9.18. The molecule has 2 heterocycles.